The summed E-state index contributed by atoms with van der Waals surface area (Å²) in [7, 11) is 0. The molecule has 26 heavy (non-hydrogen) atoms. The Morgan fingerprint density at radius 1 is 0.769 bits per heavy atom. The normalized spacial score (nSPS) is 11.8. The third-order valence-corrected chi connectivity index (χ3v) is 15.2. The van der Waals surface area contributed by atoms with E-state index in [-0.39, 0.29) is 0 Å². The van der Waals surface area contributed by atoms with Crippen LogP contribution in [0.1, 0.15) is 37.8 Å². The first-order chi connectivity index (χ1) is 12.6. The molecule has 0 heterocycles. The van der Waals surface area contributed by atoms with Gasteiger partial charge in [0.25, 0.3) is 0 Å². The minimum atomic E-state index is -1.34. The third kappa shape index (κ3) is 8.15. The Kier molecular flexibility index (Phi) is 10.3. The quantitative estimate of drug-likeness (QED) is 0.271. The van der Waals surface area contributed by atoms with Gasteiger partial charge in [-0.25, -0.2) is 0 Å². The van der Waals surface area contributed by atoms with E-state index in [9.17, 15) is 0 Å². The summed E-state index contributed by atoms with van der Waals surface area (Å²) in [4.78, 5) is 0. The van der Waals surface area contributed by atoms with Gasteiger partial charge >= 0.3 is 173 Å². The van der Waals surface area contributed by atoms with Crippen LogP contribution in [0.4, 0.5) is 0 Å². The van der Waals surface area contributed by atoms with Crippen LogP contribution in [0.2, 0.25) is 0 Å². The van der Waals surface area contributed by atoms with Crippen molar-refractivity contribution in [2.75, 3.05) is 25.4 Å². The fourth-order valence-corrected chi connectivity index (χ4v) is 13.8. The Morgan fingerprint density at radius 3 is 1.58 bits per heavy atom. The van der Waals surface area contributed by atoms with Crippen LogP contribution in [0, 0.1) is 0 Å². The van der Waals surface area contributed by atoms with Gasteiger partial charge in [0, 0.05) is 0 Å². The zero-order valence-electron chi connectivity index (χ0n) is 16.1. The second kappa shape index (κ2) is 12.2. The van der Waals surface area contributed by atoms with E-state index in [1.54, 1.807) is 0 Å². The molecule has 2 aromatic carbocycles. The molecule has 0 saturated carbocycles. The molecule has 0 amide bonds. The van der Waals surface area contributed by atoms with Gasteiger partial charge in [0.2, 0.25) is 0 Å². The molecule has 0 atom stereocenters. The van der Waals surface area contributed by atoms with Crippen molar-refractivity contribution in [2.24, 2.45) is 0 Å². The summed E-state index contributed by atoms with van der Waals surface area (Å²) < 4.78 is 2.70. The van der Waals surface area contributed by atoms with E-state index in [1.807, 2.05) is 0 Å². The molecule has 141 valence electrons. The van der Waals surface area contributed by atoms with Gasteiger partial charge in [0.15, 0.2) is 0 Å². The first kappa shape index (κ1) is 22.0. The average molecular weight is 453 g/mol. The van der Waals surface area contributed by atoms with Crippen LogP contribution in [0.25, 0.3) is 0 Å². The molecule has 0 aliphatic rings. The van der Waals surface area contributed by atoms with Gasteiger partial charge in [0.1, 0.15) is 0 Å². The van der Waals surface area contributed by atoms with Gasteiger partial charge in [-0.1, -0.05) is 0 Å². The number of nitrogens with zero attached hydrogens (tertiary/aromatic N) is 1. The maximum absolute atomic E-state index is 6.40. The molecule has 0 aromatic heterocycles. The summed E-state index contributed by atoms with van der Waals surface area (Å²) in [6.45, 7) is 7.00. The predicted molar refractivity (Wildman–Crippen MR) is 122 cm³/mol. The second-order valence-electron chi connectivity index (χ2n) is 6.74. The van der Waals surface area contributed by atoms with Crippen molar-refractivity contribution in [1.29, 1.82) is 0 Å². The standard InChI is InChI=1S/C22H32NPSSe/c1-3-17-23(18-4-2)26-24(25,19-15-21-11-7-5-8-12-21)20-16-22-13-9-6-10-14-22/h5-14H,3-4,15-20H2,1-2H3/q+1. The summed E-state index contributed by atoms with van der Waals surface area (Å²) in [5, 5.41) is -1.34. The molecule has 0 N–H and O–H groups in total. The first-order valence-electron chi connectivity index (χ1n) is 9.76. The van der Waals surface area contributed by atoms with E-state index in [1.165, 1.54) is 49.4 Å². The number of rotatable bonds is 12. The maximum atomic E-state index is 6.40. The van der Waals surface area contributed by atoms with Crippen LogP contribution in [0.3, 0.4) is 0 Å². The van der Waals surface area contributed by atoms with Crippen LogP contribution < -0.4 is 0 Å². The fraction of sp³-hybridized carbons (Fsp3) is 0.455. The van der Waals surface area contributed by atoms with Crippen molar-refractivity contribution in [2.45, 2.75) is 39.5 Å². The first-order valence-corrected chi connectivity index (χ1v) is 15.9. The monoisotopic (exact) mass is 453 g/mol. The van der Waals surface area contributed by atoms with Crippen molar-refractivity contribution in [3.8, 4) is 0 Å². The average Bonchev–Trinajstić information content (AvgIpc) is 2.67. The molecular formula is C22H32NPSSe+. The fourth-order valence-electron chi connectivity index (χ4n) is 2.98. The van der Waals surface area contributed by atoms with Gasteiger partial charge in [-0.05, 0) is 0 Å². The van der Waals surface area contributed by atoms with Gasteiger partial charge < -0.3 is 0 Å². The van der Waals surface area contributed by atoms with Crippen LogP contribution in [-0.2, 0) is 12.8 Å². The molecule has 1 nitrogen and oxygen atoms in total. The molecule has 0 bridgehead atoms. The van der Waals surface area contributed by atoms with E-state index >= 15 is 0 Å². The molecule has 0 unspecified atom stereocenters. The summed E-state index contributed by atoms with van der Waals surface area (Å²) in [6, 6.07) is 21.8. The number of hydrogen-bond donors (Lipinski definition) is 0. The van der Waals surface area contributed by atoms with E-state index in [0.29, 0.717) is 14.7 Å². The second-order valence-corrected chi connectivity index (χ2v) is 19.6. The van der Waals surface area contributed by atoms with Crippen LogP contribution >= 0.6 is 17.4 Å². The molecule has 4 heteroatoms. The zero-order valence-corrected chi connectivity index (χ0v) is 19.6. The summed E-state index contributed by atoms with van der Waals surface area (Å²) in [5.41, 5.74) is 2.88. The van der Waals surface area contributed by atoms with Crippen molar-refractivity contribution < 1.29 is 0 Å². The Bertz CT molecular complexity index is 559. The Labute approximate surface area is 172 Å². The third-order valence-electron chi connectivity index (χ3n) is 4.38. The van der Waals surface area contributed by atoms with Crippen LogP contribution in [0.5, 0.6) is 0 Å². The molecular weight excluding hydrogens is 420 g/mol. The van der Waals surface area contributed by atoms with Crippen molar-refractivity contribution in [3.63, 3.8) is 0 Å². The molecule has 0 saturated heterocycles. The predicted octanol–water partition coefficient (Wildman–Crippen LogP) is 6.26. The summed E-state index contributed by atoms with van der Waals surface area (Å²) in [6.07, 6.45) is 7.16. The van der Waals surface area contributed by atoms with Crippen molar-refractivity contribution in [1.82, 2.24) is 3.92 Å². The molecule has 0 aliphatic heterocycles. The Hall–Kier alpha value is -0.301. The van der Waals surface area contributed by atoms with Gasteiger partial charge in [-0.2, -0.15) is 0 Å². The number of hydrogen-bond acceptors (Lipinski definition) is 1. The van der Waals surface area contributed by atoms with Crippen molar-refractivity contribution in [3.05, 3.63) is 71.8 Å². The van der Waals surface area contributed by atoms with E-state index in [2.05, 4.69) is 78.4 Å². The van der Waals surface area contributed by atoms with Gasteiger partial charge in [0.05, 0.1) is 0 Å². The van der Waals surface area contributed by atoms with E-state index < -0.39 is 5.15 Å². The van der Waals surface area contributed by atoms with Crippen molar-refractivity contribution >= 4 is 32.1 Å². The Morgan fingerprint density at radius 2 is 1.19 bits per heavy atom. The van der Waals surface area contributed by atoms with Crippen LogP contribution in [0.15, 0.2) is 60.7 Å². The van der Waals surface area contributed by atoms with E-state index in [0.717, 1.165) is 12.8 Å². The van der Waals surface area contributed by atoms with Crippen LogP contribution in [-0.4, -0.2) is 44.1 Å². The van der Waals surface area contributed by atoms with Gasteiger partial charge in [-0.3, -0.25) is 0 Å². The topological polar surface area (TPSA) is 3.24 Å². The molecule has 1 radical (unpaired) electrons. The minimum absolute atomic E-state index is 0.470. The molecule has 2 aromatic rings. The summed E-state index contributed by atoms with van der Waals surface area (Å²) in [5.74, 6) is 0. The number of benzene rings is 2. The SMILES string of the molecule is CCCN(CCC)[Se][P+]([S])(CCc1ccccc1)CCc1ccccc1. The molecule has 2 rings (SSSR count). The zero-order chi connectivity index (χ0) is 18.7. The molecule has 0 aliphatic carbocycles. The summed E-state index contributed by atoms with van der Waals surface area (Å²) >= 11 is 6.87. The van der Waals surface area contributed by atoms with E-state index in [4.69, 9.17) is 12.2 Å². The Balaban J connectivity index is 2.04. The molecule has 0 fully saturated rings. The van der Waals surface area contributed by atoms with Gasteiger partial charge in [-0.15, -0.1) is 0 Å². The number of aryl methyl sites for hydroxylation is 2. The molecule has 0 spiro atoms.